The zero-order chi connectivity index (χ0) is 8.53. The molecule has 0 saturated carbocycles. The highest BCUT2D eigenvalue weighted by atomic mass is 13.9. The van der Waals surface area contributed by atoms with E-state index in [0.717, 1.165) is 0 Å². The van der Waals surface area contributed by atoms with Crippen molar-refractivity contribution in [2.24, 2.45) is 0 Å². The van der Waals surface area contributed by atoms with Gasteiger partial charge >= 0.3 is 0 Å². The molecule has 0 aliphatic rings. The van der Waals surface area contributed by atoms with Gasteiger partial charge in [0, 0.05) is 0 Å². The Kier molecular flexibility index (Phi) is 7.23. The molecule has 0 unspecified atom stereocenters. The molecule has 0 heteroatoms. The van der Waals surface area contributed by atoms with Gasteiger partial charge in [-0.05, 0) is 19.8 Å². The average Bonchev–Trinajstić information content (AvgIpc) is 2.04. The van der Waals surface area contributed by atoms with Crippen molar-refractivity contribution in [1.82, 2.24) is 0 Å². The maximum atomic E-state index is 3.71. The lowest BCUT2D eigenvalue weighted by molar-refractivity contribution is 0.674. The summed E-state index contributed by atoms with van der Waals surface area (Å²) in [5.41, 5.74) is 1.31. The first kappa shape index (κ1) is 10.5. The van der Waals surface area contributed by atoms with Gasteiger partial charge in [-0.2, -0.15) is 0 Å². The van der Waals surface area contributed by atoms with Crippen LogP contribution in [0.1, 0.15) is 46.0 Å². The van der Waals surface area contributed by atoms with Crippen LogP contribution in [0, 0.1) is 0 Å². The first-order valence-electron chi connectivity index (χ1n) is 4.60. The molecule has 0 amide bonds. The van der Waals surface area contributed by atoms with Gasteiger partial charge in [-0.15, -0.1) is 0 Å². The van der Waals surface area contributed by atoms with Crippen molar-refractivity contribution in [2.75, 3.05) is 0 Å². The van der Waals surface area contributed by atoms with Crippen molar-refractivity contribution >= 4 is 0 Å². The maximum absolute atomic E-state index is 3.71. The molecule has 0 aromatic carbocycles. The molecule has 0 radical (unpaired) electrons. The fourth-order valence-electron chi connectivity index (χ4n) is 0.984. The van der Waals surface area contributed by atoms with Gasteiger partial charge in [0.25, 0.3) is 0 Å². The molecule has 0 N–H and O–H groups in total. The lowest BCUT2D eigenvalue weighted by Gasteiger charge is -1.95. The van der Waals surface area contributed by atoms with E-state index in [1.807, 2.05) is 6.08 Å². The Bertz CT molecular complexity index is 120. The van der Waals surface area contributed by atoms with Crippen LogP contribution < -0.4 is 0 Å². The SMILES string of the molecule is C=C/C(C)=C/CCCCCC. The monoisotopic (exact) mass is 152 g/mol. The van der Waals surface area contributed by atoms with E-state index < -0.39 is 0 Å². The molecule has 0 spiro atoms. The van der Waals surface area contributed by atoms with Crippen molar-refractivity contribution in [3.8, 4) is 0 Å². The van der Waals surface area contributed by atoms with Crippen molar-refractivity contribution in [3.63, 3.8) is 0 Å². The molecule has 64 valence electrons. The summed E-state index contributed by atoms with van der Waals surface area (Å²) in [5, 5.41) is 0. The minimum absolute atomic E-state index is 1.22. The molecule has 11 heavy (non-hydrogen) atoms. The highest BCUT2D eigenvalue weighted by Crippen LogP contribution is 2.05. The van der Waals surface area contributed by atoms with Crippen LogP contribution in [-0.4, -0.2) is 0 Å². The van der Waals surface area contributed by atoms with Crippen LogP contribution in [0.3, 0.4) is 0 Å². The Labute approximate surface area is 71.0 Å². The van der Waals surface area contributed by atoms with Crippen LogP contribution in [0.25, 0.3) is 0 Å². The summed E-state index contributed by atoms with van der Waals surface area (Å²) in [4.78, 5) is 0. The molecule has 0 atom stereocenters. The van der Waals surface area contributed by atoms with E-state index >= 15 is 0 Å². The van der Waals surface area contributed by atoms with E-state index in [0.29, 0.717) is 0 Å². The lowest BCUT2D eigenvalue weighted by Crippen LogP contribution is -1.75. The Hall–Kier alpha value is -0.520. The smallest absolute Gasteiger partial charge is 0.0345 e. The van der Waals surface area contributed by atoms with Crippen LogP contribution in [0.4, 0.5) is 0 Å². The standard InChI is InChI=1S/C11H20/c1-4-6-7-8-9-10-11(3)5-2/h5,10H,2,4,6-9H2,1,3H3/b11-10+. The summed E-state index contributed by atoms with van der Waals surface area (Å²) in [7, 11) is 0. The maximum Gasteiger partial charge on any atom is -0.0345 e. The normalized spacial score (nSPS) is 11.6. The number of hydrogen-bond acceptors (Lipinski definition) is 0. The highest BCUT2D eigenvalue weighted by molar-refractivity contribution is 5.12. The quantitative estimate of drug-likeness (QED) is 0.397. The predicted molar refractivity (Wildman–Crippen MR) is 52.7 cm³/mol. The third-order valence-electron chi connectivity index (χ3n) is 1.85. The van der Waals surface area contributed by atoms with Gasteiger partial charge in [-0.3, -0.25) is 0 Å². The molecule has 0 fully saturated rings. The topological polar surface area (TPSA) is 0 Å². The summed E-state index contributed by atoms with van der Waals surface area (Å²) in [6.45, 7) is 8.05. The number of hydrogen-bond donors (Lipinski definition) is 0. The molecular formula is C11H20. The second-order valence-corrected chi connectivity index (χ2v) is 3.00. The molecule has 0 saturated heterocycles. The Morgan fingerprint density at radius 3 is 2.55 bits per heavy atom. The molecular weight excluding hydrogens is 132 g/mol. The predicted octanol–water partition coefficient (Wildman–Crippen LogP) is 4.09. The van der Waals surface area contributed by atoms with Crippen molar-refractivity contribution in [2.45, 2.75) is 46.0 Å². The Morgan fingerprint density at radius 2 is 2.00 bits per heavy atom. The first-order valence-corrected chi connectivity index (χ1v) is 4.60. The molecule has 0 aliphatic heterocycles. The molecule has 0 heterocycles. The van der Waals surface area contributed by atoms with Gasteiger partial charge < -0.3 is 0 Å². The Balaban J connectivity index is 3.19. The largest absolute Gasteiger partial charge is 0.0988 e. The summed E-state index contributed by atoms with van der Waals surface area (Å²) in [5.74, 6) is 0. The molecule has 0 bridgehead atoms. The van der Waals surface area contributed by atoms with Crippen LogP contribution in [0.2, 0.25) is 0 Å². The van der Waals surface area contributed by atoms with E-state index in [-0.39, 0.29) is 0 Å². The zero-order valence-electron chi connectivity index (χ0n) is 7.90. The number of unbranched alkanes of at least 4 members (excludes halogenated alkanes) is 4. The third-order valence-corrected chi connectivity index (χ3v) is 1.85. The zero-order valence-corrected chi connectivity index (χ0v) is 7.90. The van der Waals surface area contributed by atoms with Gasteiger partial charge in [-0.1, -0.05) is 50.5 Å². The van der Waals surface area contributed by atoms with Gasteiger partial charge in [0.2, 0.25) is 0 Å². The number of allylic oxidation sites excluding steroid dienone is 3. The molecule has 0 nitrogen and oxygen atoms in total. The first-order chi connectivity index (χ1) is 5.31. The minimum atomic E-state index is 1.22. The van der Waals surface area contributed by atoms with E-state index in [9.17, 15) is 0 Å². The molecule has 0 aromatic heterocycles. The summed E-state index contributed by atoms with van der Waals surface area (Å²) >= 11 is 0. The van der Waals surface area contributed by atoms with Crippen molar-refractivity contribution in [3.05, 3.63) is 24.3 Å². The van der Waals surface area contributed by atoms with Gasteiger partial charge in [-0.25, -0.2) is 0 Å². The Morgan fingerprint density at radius 1 is 1.27 bits per heavy atom. The lowest BCUT2D eigenvalue weighted by atomic mass is 10.1. The summed E-state index contributed by atoms with van der Waals surface area (Å²) in [6.07, 6.45) is 10.8. The number of rotatable bonds is 6. The van der Waals surface area contributed by atoms with Crippen LogP contribution in [0.5, 0.6) is 0 Å². The van der Waals surface area contributed by atoms with Gasteiger partial charge in [0.1, 0.15) is 0 Å². The van der Waals surface area contributed by atoms with E-state index in [1.165, 1.54) is 37.7 Å². The van der Waals surface area contributed by atoms with E-state index in [4.69, 9.17) is 0 Å². The van der Waals surface area contributed by atoms with Crippen molar-refractivity contribution in [1.29, 1.82) is 0 Å². The summed E-state index contributed by atoms with van der Waals surface area (Å²) in [6, 6.07) is 0. The van der Waals surface area contributed by atoms with Gasteiger partial charge in [0.05, 0.1) is 0 Å². The van der Waals surface area contributed by atoms with Crippen molar-refractivity contribution < 1.29 is 0 Å². The highest BCUT2D eigenvalue weighted by Gasteiger charge is 1.85. The van der Waals surface area contributed by atoms with Crippen LogP contribution >= 0.6 is 0 Å². The van der Waals surface area contributed by atoms with Crippen LogP contribution in [0.15, 0.2) is 24.3 Å². The summed E-state index contributed by atoms with van der Waals surface area (Å²) < 4.78 is 0. The second kappa shape index (κ2) is 7.59. The fraction of sp³-hybridized carbons (Fsp3) is 0.636. The minimum Gasteiger partial charge on any atom is -0.0988 e. The van der Waals surface area contributed by atoms with Crippen LogP contribution in [-0.2, 0) is 0 Å². The molecule has 0 aliphatic carbocycles. The second-order valence-electron chi connectivity index (χ2n) is 3.00. The molecule has 0 aromatic rings. The average molecular weight is 152 g/mol. The third kappa shape index (κ3) is 7.38. The van der Waals surface area contributed by atoms with Gasteiger partial charge in [0.15, 0.2) is 0 Å². The van der Waals surface area contributed by atoms with E-state index in [2.05, 4.69) is 26.5 Å². The fourth-order valence-corrected chi connectivity index (χ4v) is 0.984. The molecule has 0 rings (SSSR count). The van der Waals surface area contributed by atoms with E-state index in [1.54, 1.807) is 0 Å².